The number of aliphatic imine (C=N–C) groups is 1. The number of oxazole rings is 1. The average Bonchev–Trinajstić information content (AvgIpc) is 3.88. The van der Waals surface area contributed by atoms with Crippen molar-refractivity contribution in [2.75, 3.05) is 45.8 Å². The van der Waals surface area contributed by atoms with Gasteiger partial charge in [0.2, 0.25) is 5.91 Å². The van der Waals surface area contributed by atoms with Crippen molar-refractivity contribution in [3.8, 4) is 33.9 Å². The van der Waals surface area contributed by atoms with Gasteiger partial charge in [-0.15, -0.1) is 7.92 Å². The summed E-state index contributed by atoms with van der Waals surface area (Å²) < 4.78 is 24.9. The first-order chi connectivity index (χ1) is 36.8. The molecule has 1 aromatic heterocycles. The molecule has 0 fully saturated rings. The Labute approximate surface area is 457 Å². The van der Waals surface area contributed by atoms with E-state index in [0.29, 0.717) is 87.4 Å². The van der Waals surface area contributed by atoms with Gasteiger partial charge in [-0.05, 0) is 118 Å². The molecule has 0 aliphatic carbocycles. The molecule has 0 aliphatic heterocycles. The number of amidine groups is 1. The van der Waals surface area contributed by atoms with E-state index in [1.54, 1.807) is 27.0 Å². The molecule has 6 rings (SSSR count). The minimum Gasteiger partial charge on any atom is -0.493 e. The van der Waals surface area contributed by atoms with E-state index in [4.69, 9.17) is 24.4 Å². The summed E-state index contributed by atoms with van der Waals surface area (Å²) in [6, 6.07) is 33.1. The highest BCUT2D eigenvalue weighted by Gasteiger charge is 2.31. The lowest BCUT2D eigenvalue weighted by atomic mass is 9.89. The monoisotopic (exact) mass is 1070 g/mol. The summed E-state index contributed by atoms with van der Waals surface area (Å²) in [4.78, 5) is 65.7. The molecule has 0 saturated carbocycles. The molecule has 0 spiro atoms. The Morgan fingerprint density at radius 2 is 1.38 bits per heavy atom. The number of nitrogens with two attached hydrogens (primary N) is 1. The third-order valence-corrected chi connectivity index (χ3v) is 14.1. The maximum Gasteiger partial charge on any atom is 0.407 e. The number of aromatic nitrogens is 1. The third-order valence-electron chi connectivity index (χ3n) is 13.1. The zero-order valence-electron chi connectivity index (χ0n) is 46.9. The Morgan fingerprint density at radius 3 is 2.00 bits per heavy atom. The van der Waals surface area contributed by atoms with Crippen molar-refractivity contribution in [3.05, 3.63) is 115 Å². The largest absolute Gasteiger partial charge is 0.493 e. The number of Topliss-reactive ketones (excluding diaryl/α,β-unsaturated/α-hetero) is 2. The van der Waals surface area contributed by atoms with Gasteiger partial charge >= 0.3 is 6.09 Å². The number of hydrogen-bond donors (Lipinski definition) is 3. The molecule has 14 heteroatoms. The van der Waals surface area contributed by atoms with Gasteiger partial charge in [-0.1, -0.05) is 125 Å². The lowest BCUT2D eigenvalue weighted by Gasteiger charge is -2.24. The lowest BCUT2D eigenvalue weighted by Crippen LogP contribution is -2.45. The van der Waals surface area contributed by atoms with E-state index in [0.717, 1.165) is 56.6 Å². The summed E-state index contributed by atoms with van der Waals surface area (Å²) in [6.07, 6.45) is 5.51. The van der Waals surface area contributed by atoms with Crippen LogP contribution >= 0.6 is 7.92 Å². The van der Waals surface area contributed by atoms with Crippen LogP contribution in [-0.4, -0.2) is 91.8 Å². The van der Waals surface area contributed by atoms with Gasteiger partial charge in [0.25, 0.3) is 0 Å². The van der Waals surface area contributed by atoms with Gasteiger partial charge in [0, 0.05) is 60.6 Å². The molecule has 5 aromatic carbocycles. The van der Waals surface area contributed by atoms with Gasteiger partial charge in [0.1, 0.15) is 23.7 Å². The van der Waals surface area contributed by atoms with Gasteiger partial charge in [0.15, 0.2) is 23.2 Å². The molecule has 13 nitrogen and oxygen atoms in total. The summed E-state index contributed by atoms with van der Waals surface area (Å²) in [5, 5.41) is 9.90. The van der Waals surface area contributed by atoms with E-state index >= 15 is 0 Å². The number of carbonyl (C=O) groups excluding carboxylic acids is 4. The molecule has 3 atom stereocenters. The number of amides is 2. The number of ether oxygens (including phenoxy) is 3. The van der Waals surface area contributed by atoms with Gasteiger partial charge in [-0.25, -0.2) is 9.78 Å². The molecule has 0 bridgehead atoms. The standard InChI is InChI=1S/C63H82N5O8P/c1-42(2)32-35-73-54-30-28-44-20-13-15-25-50(44)58(54)59-51-26-16-14-21-45(51)29-31-55(59)74-40-49(69)37-47(24-17-18-33-66-62(72)76-63(5,6)7)60(71)68-52(27-19-34-65-57(64)41-77(8)9)53(70)38-48(36-43(3)4)61-67-39-56(75-61)46-22-11-10-12-23-46/h10-16,20-23,25-26,28-31,39,42-43,47-48,52H,17-19,24,27,32-38,40-41H2,1-9H3,(H2,64,65)(H,66,72)(H,68,71)/t47-,48+,52+/m0/s1. The quantitative estimate of drug-likeness (QED) is 0.0170. The highest BCUT2D eigenvalue weighted by Crippen LogP contribution is 2.46. The topological polar surface area (TPSA) is 184 Å². The Balaban J connectivity index is 1.27. The molecule has 412 valence electrons. The minimum atomic E-state index is -0.882. The molecular formula is C63H82N5O8P. The van der Waals surface area contributed by atoms with Crippen molar-refractivity contribution in [1.29, 1.82) is 0 Å². The maximum atomic E-state index is 14.8. The zero-order valence-corrected chi connectivity index (χ0v) is 47.8. The number of fused-ring (bicyclic) bond motifs is 2. The van der Waals surface area contributed by atoms with Gasteiger partial charge in [-0.2, -0.15) is 0 Å². The van der Waals surface area contributed by atoms with Gasteiger partial charge in [-0.3, -0.25) is 19.4 Å². The zero-order chi connectivity index (χ0) is 55.5. The Bertz CT molecular complexity index is 2910. The fourth-order valence-electron chi connectivity index (χ4n) is 9.44. The second kappa shape index (κ2) is 29.2. The Morgan fingerprint density at radius 1 is 0.740 bits per heavy atom. The Hall–Kier alpha value is -6.59. The average molecular weight is 1070 g/mol. The smallest absolute Gasteiger partial charge is 0.407 e. The molecule has 2 amide bonds. The van der Waals surface area contributed by atoms with E-state index in [2.05, 4.69) is 92.0 Å². The summed E-state index contributed by atoms with van der Waals surface area (Å²) in [7, 11) is -0.279. The number of rotatable bonds is 30. The van der Waals surface area contributed by atoms with Crippen LogP contribution in [0.3, 0.4) is 0 Å². The van der Waals surface area contributed by atoms with Crippen molar-refractivity contribution in [3.63, 3.8) is 0 Å². The molecule has 77 heavy (non-hydrogen) atoms. The van der Waals surface area contributed by atoms with Crippen LogP contribution in [-0.2, 0) is 19.1 Å². The molecule has 0 aliphatic rings. The van der Waals surface area contributed by atoms with Crippen LogP contribution in [0.2, 0.25) is 0 Å². The second-order valence-electron chi connectivity index (χ2n) is 22.2. The fourth-order valence-corrected chi connectivity index (χ4v) is 10.2. The van der Waals surface area contributed by atoms with E-state index in [1.807, 2.05) is 72.8 Å². The number of nitrogens with zero attached hydrogens (tertiary/aromatic N) is 2. The van der Waals surface area contributed by atoms with Crippen molar-refractivity contribution >= 4 is 58.9 Å². The molecule has 0 unspecified atom stereocenters. The predicted octanol–water partition coefficient (Wildman–Crippen LogP) is 13.5. The number of ketones is 2. The van der Waals surface area contributed by atoms with E-state index < -0.39 is 29.6 Å². The van der Waals surface area contributed by atoms with Crippen LogP contribution in [0.5, 0.6) is 11.5 Å². The second-order valence-corrected chi connectivity index (χ2v) is 24.7. The normalized spacial score (nSPS) is 13.2. The molecule has 0 radical (unpaired) electrons. The van der Waals surface area contributed by atoms with Crippen LogP contribution in [0.1, 0.15) is 118 Å². The number of unbranched alkanes of at least 4 members (excludes halogenated alkanes) is 1. The first-order valence-electron chi connectivity index (χ1n) is 27.4. The maximum absolute atomic E-state index is 14.8. The van der Waals surface area contributed by atoms with E-state index in [9.17, 15) is 19.2 Å². The fraction of sp³-hybridized carbons (Fsp3) is 0.460. The molecular weight excluding hydrogens is 986 g/mol. The lowest BCUT2D eigenvalue weighted by molar-refractivity contribution is -0.133. The van der Waals surface area contributed by atoms with Crippen LogP contribution in [0, 0.1) is 17.8 Å². The first kappa shape index (κ1) is 59.7. The number of hydrogen-bond acceptors (Lipinski definition) is 10. The SMILES string of the molecule is CC(C)CCOc1ccc2ccccc2c1-c1c(OCC(=O)C[C@H](CCCCNC(=O)OC(C)(C)C)C(=O)N[C@H](CCCN=C(N)CP(C)C)C(=O)C[C@@H](CC(C)C)c2ncc(-c3ccccc3)o2)ccc2ccccc12. The number of carbonyl (C=O) groups is 4. The summed E-state index contributed by atoms with van der Waals surface area (Å²) >= 11 is 0. The highest BCUT2D eigenvalue weighted by atomic mass is 31.1. The summed E-state index contributed by atoms with van der Waals surface area (Å²) in [6.45, 7) is 19.2. The number of nitrogens with one attached hydrogen (secondary N) is 2. The van der Waals surface area contributed by atoms with Gasteiger partial charge < -0.3 is 35.0 Å². The van der Waals surface area contributed by atoms with Crippen molar-refractivity contribution < 1.29 is 37.8 Å². The molecule has 6 aromatic rings. The van der Waals surface area contributed by atoms with Crippen LogP contribution in [0.25, 0.3) is 44.0 Å². The molecule has 0 saturated heterocycles. The van der Waals surface area contributed by atoms with E-state index in [-0.39, 0.29) is 50.8 Å². The predicted molar refractivity (Wildman–Crippen MR) is 314 cm³/mol. The van der Waals surface area contributed by atoms with Crippen molar-refractivity contribution in [2.45, 2.75) is 124 Å². The molecule has 4 N–H and O–H groups in total. The van der Waals surface area contributed by atoms with Crippen LogP contribution in [0.4, 0.5) is 4.79 Å². The number of alkyl carbamates (subject to hydrolysis) is 1. The molecule has 1 heterocycles. The van der Waals surface area contributed by atoms with Gasteiger partial charge in [0.05, 0.1) is 24.7 Å². The summed E-state index contributed by atoms with van der Waals surface area (Å²) in [5.74, 6) is 1.56. The van der Waals surface area contributed by atoms with E-state index in [1.165, 1.54) is 0 Å². The summed E-state index contributed by atoms with van der Waals surface area (Å²) in [5.41, 5.74) is 8.18. The first-order valence-corrected chi connectivity index (χ1v) is 29.8. The van der Waals surface area contributed by atoms with Crippen molar-refractivity contribution in [1.82, 2.24) is 15.6 Å². The third kappa shape index (κ3) is 18.8. The van der Waals surface area contributed by atoms with Crippen LogP contribution < -0.4 is 25.8 Å². The Kier molecular flexibility index (Phi) is 22.6. The van der Waals surface area contributed by atoms with Crippen molar-refractivity contribution in [2.24, 2.45) is 28.5 Å². The highest BCUT2D eigenvalue weighted by molar-refractivity contribution is 7.57. The number of benzene rings is 5. The minimum absolute atomic E-state index is 0.0856. The van der Waals surface area contributed by atoms with Crippen LogP contribution in [0.15, 0.2) is 119 Å².